The molecule has 0 saturated heterocycles. The summed E-state index contributed by atoms with van der Waals surface area (Å²) in [6, 6.07) is 1.88. The number of guanidine groups is 1. The Morgan fingerprint density at radius 1 is 1.38 bits per heavy atom. The quantitative estimate of drug-likeness (QED) is 0.659. The molecular weight excluding hydrogens is 266 g/mol. The number of likely N-dealkylation sites (N-methyl/N-ethyl adjacent to an activating group) is 1. The number of aliphatic imine (C=N–C) groups is 1. The Morgan fingerprint density at radius 3 is 2.62 bits per heavy atom. The van der Waals surface area contributed by atoms with E-state index in [1.54, 1.807) is 6.26 Å². The monoisotopic (exact) mass is 293 g/mol. The molecule has 1 N–H and O–H groups in total. The van der Waals surface area contributed by atoms with Crippen molar-refractivity contribution in [2.24, 2.45) is 4.99 Å². The molecule has 1 aliphatic carbocycles. The maximum absolute atomic E-state index is 4.87. The third kappa shape index (κ3) is 3.75. The van der Waals surface area contributed by atoms with E-state index in [0.717, 1.165) is 18.2 Å². The van der Waals surface area contributed by atoms with E-state index in [2.05, 4.69) is 39.4 Å². The van der Waals surface area contributed by atoms with Gasteiger partial charge < -0.3 is 19.6 Å². The SMILES string of the molecule is CN=C(NCC1(N(C)C)CCCC1)N(C)Cc1ccon1. The van der Waals surface area contributed by atoms with Gasteiger partial charge in [-0.05, 0) is 26.9 Å². The van der Waals surface area contributed by atoms with Crippen molar-refractivity contribution >= 4 is 5.96 Å². The number of nitrogens with zero attached hydrogens (tertiary/aromatic N) is 4. The van der Waals surface area contributed by atoms with Crippen LogP contribution in [0.4, 0.5) is 0 Å². The summed E-state index contributed by atoms with van der Waals surface area (Å²) in [7, 11) is 8.18. The van der Waals surface area contributed by atoms with E-state index in [1.807, 2.05) is 20.2 Å². The van der Waals surface area contributed by atoms with E-state index < -0.39 is 0 Å². The van der Waals surface area contributed by atoms with Crippen LogP contribution in [0.15, 0.2) is 21.8 Å². The lowest BCUT2D eigenvalue weighted by molar-refractivity contribution is 0.159. The lowest BCUT2D eigenvalue weighted by Crippen LogP contribution is -2.53. The Hall–Kier alpha value is -1.56. The third-order valence-electron chi connectivity index (χ3n) is 4.52. The summed E-state index contributed by atoms with van der Waals surface area (Å²) in [5.74, 6) is 0.895. The summed E-state index contributed by atoms with van der Waals surface area (Å²) in [4.78, 5) is 8.80. The maximum Gasteiger partial charge on any atom is 0.193 e. The van der Waals surface area contributed by atoms with E-state index >= 15 is 0 Å². The van der Waals surface area contributed by atoms with Gasteiger partial charge in [-0.15, -0.1) is 0 Å². The minimum Gasteiger partial charge on any atom is -0.364 e. The molecule has 1 aromatic rings. The second-order valence-corrected chi connectivity index (χ2v) is 6.07. The average Bonchev–Trinajstić information content (AvgIpc) is 3.11. The van der Waals surface area contributed by atoms with Gasteiger partial charge in [-0.2, -0.15) is 0 Å². The Balaban J connectivity index is 1.93. The van der Waals surface area contributed by atoms with Gasteiger partial charge >= 0.3 is 0 Å². The number of nitrogens with one attached hydrogen (secondary N) is 1. The van der Waals surface area contributed by atoms with Crippen LogP contribution in [-0.2, 0) is 6.54 Å². The fourth-order valence-corrected chi connectivity index (χ4v) is 3.08. The summed E-state index contributed by atoms with van der Waals surface area (Å²) >= 11 is 0. The topological polar surface area (TPSA) is 56.9 Å². The second-order valence-electron chi connectivity index (χ2n) is 6.07. The molecule has 0 amide bonds. The predicted octanol–water partition coefficient (Wildman–Crippen LogP) is 1.56. The van der Waals surface area contributed by atoms with Crippen molar-refractivity contribution in [2.45, 2.75) is 37.8 Å². The summed E-state index contributed by atoms with van der Waals surface area (Å²) in [6.45, 7) is 1.61. The first-order valence-corrected chi connectivity index (χ1v) is 7.56. The zero-order valence-electron chi connectivity index (χ0n) is 13.6. The first-order valence-electron chi connectivity index (χ1n) is 7.56. The maximum atomic E-state index is 4.87. The molecule has 6 nitrogen and oxygen atoms in total. The van der Waals surface area contributed by atoms with Crippen molar-refractivity contribution < 1.29 is 4.52 Å². The van der Waals surface area contributed by atoms with E-state index in [9.17, 15) is 0 Å². The fraction of sp³-hybridized carbons (Fsp3) is 0.733. The van der Waals surface area contributed by atoms with Gasteiger partial charge in [-0.1, -0.05) is 18.0 Å². The van der Waals surface area contributed by atoms with Crippen LogP contribution in [-0.4, -0.2) is 61.2 Å². The summed E-state index contributed by atoms with van der Waals surface area (Å²) in [5, 5.41) is 7.47. The van der Waals surface area contributed by atoms with Crippen molar-refractivity contribution in [1.29, 1.82) is 0 Å². The molecule has 1 aliphatic rings. The van der Waals surface area contributed by atoms with Crippen LogP contribution in [0.2, 0.25) is 0 Å². The molecule has 1 heterocycles. The highest BCUT2D eigenvalue weighted by molar-refractivity contribution is 5.79. The van der Waals surface area contributed by atoms with Crippen molar-refractivity contribution in [3.63, 3.8) is 0 Å². The molecule has 0 aromatic carbocycles. The molecule has 1 fully saturated rings. The van der Waals surface area contributed by atoms with Crippen LogP contribution in [0.1, 0.15) is 31.4 Å². The van der Waals surface area contributed by atoms with E-state index in [4.69, 9.17) is 4.52 Å². The molecule has 1 saturated carbocycles. The van der Waals surface area contributed by atoms with Crippen LogP contribution in [0, 0.1) is 0 Å². The standard InChI is InChI=1S/C15H27N5O/c1-16-14(20(4)11-13-7-10-21-18-13)17-12-15(19(2)3)8-5-6-9-15/h7,10H,5-6,8-9,11-12H2,1-4H3,(H,16,17). The van der Waals surface area contributed by atoms with Crippen LogP contribution >= 0.6 is 0 Å². The highest BCUT2D eigenvalue weighted by Gasteiger charge is 2.36. The van der Waals surface area contributed by atoms with Gasteiger partial charge in [0.2, 0.25) is 0 Å². The van der Waals surface area contributed by atoms with Crippen molar-refractivity contribution in [2.75, 3.05) is 34.7 Å². The largest absolute Gasteiger partial charge is 0.364 e. The molecule has 0 bridgehead atoms. The Kier molecular flexibility index (Phi) is 5.22. The number of hydrogen-bond acceptors (Lipinski definition) is 4. The van der Waals surface area contributed by atoms with Crippen LogP contribution in [0.25, 0.3) is 0 Å². The molecule has 0 atom stereocenters. The summed E-state index contributed by atoms with van der Waals surface area (Å²) < 4.78 is 4.87. The highest BCUT2D eigenvalue weighted by Crippen LogP contribution is 2.33. The first kappa shape index (κ1) is 15.8. The Labute approximate surface area is 127 Å². The minimum absolute atomic E-state index is 0.255. The zero-order chi connectivity index (χ0) is 15.3. The van der Waals surface area contributed by atoms with Gasteiger partial charge in [0.1, 0.15) is 12.0 Å². The van der Waals surface area contributed by atoms with Gasteiger partial charge in [-0.3, -0.25) is 4.99 Å². The molecule has 118 valence electrons. The molecule has 1 aromatic heterocycles. The summed E-state index contributed by atoms with van der Waals surface area (Å²) in [5.41, 5.74) is 1.16. The normalized spacial score (nSPS) is 18.2. The van der Waals surface area contributed by atoms with Crippen molar-refractivity contribution in [1.82, 2.24) is 20.3 Å². The Morgan fingerprint density at radius 2 is 2.10 bits per heavy atom. The Bertz CT molecular complexity index is 449. The van der Waals surface area contributed by atoms with Crippen LogP contribution in [0.3, 0.4) is 0 Å². The van der Waals surface area contributed by atoms with Crippen molar-refractivity contribution in [3.8, 4) is 0 Å². The van der Waals surface area contributed by atoms with E-state index in [1.165, 1.54) is 25.7 Å². The zero-order valence-corrected chi connectivity index (χ0v) is 13.6. The lowest BCUT2D eigenvalue weighted by atomic mass is 9.96. The average molecular weight is 293 g/mol. The van der Waals surface area contributed by atoms with Gasteiger partial charge in [-0.25, -0.2) is 0 Å². The summed E-state index contributed by atoms with van der Waals surface area (Å²) in [6.07, 6.45) is 6.72. The molecule has 6 heteroatoms. The van der Waals surface area contributed by atoms with Crippen LogP contribution in [0.5, 0.6) is 0 Å². The smallest absolute Gasteiger partial charge is 0.193 e. The molecule has 21 heavy (non-hydrogen) atoms. The van der Waals surface area contributed by atoms with Gasteiger partial charge in [0.25, 0.3) is 0 Å². The van der Waals surface area contributed by atoms with E-state index in [-0.39, 0.29) is 5.54 Å². The molecule has 0 unspecified atom stereocenters. The van der Waals surface area contributed by atoms with Crippen LogP contribution < -0.4 is 5.32 Å². The number of aromatic nitrogens is 1. The van der Waals surface area contributed by atoms with Gasteiger partial charge in [0, 0.05) is 32.2 Å². The van der Waals surface area contributed by atoms with Gasteiger partial charge in [0.15, 0.2) is 5.96 Å². The third-order valence-corrected chi connectivity index (χ3v) is 4.52. The fourth-order valence-electron chi connectivity index (χ4n) is 3.08. The van der Waals surface area contributed by atoms with Crippen molar-refractivity contribution in [3.05, 3.63) is 18.0 Å². The first-order chi connectivity index (χ1) is 10.1. The van der Waals surface area contributed by atoms with E-state index in [0.29, 0.717) is 6.54 Å². The molecule has 0 radical (unpaired) electrons. The lowest BCUT2D eigenvalue weighted by Gasteiger charge is -2.37. The van der Waals surface area contributed by atoms with Gasteiger partial charge in [0.05, 0.1) is 6.54 Å². The molecular formula is C15H27N5O. The molecule has 2 rings (SSSR count). The molecule has 0 spiro atoms. The minimum atomic E-state index is 0.255. The predicted molar refractivity (Wildman–Crippen MR) is 84.2 cm³/mol. The number of rotatable bonds is 5. The number of hydrogen-bond donors (Lipinski definition) is 1. The second kappa shape index (κ2) is 6.93. The highest BCUT2D eigenvalue weighted by atomic mass is 16.5. The molecule has 0 aliphatic heterocycles.